The second-order valence-electron chi connectivity index (χ2n) is 4.81. The highest BCUT2D eigenvalue weighted by atomic mass is 35.5. The minimum Gasteiger partial charge on any atom is -0.122 e. The van der Waals surface area contributed by atoms with Crippen LogP contribution in [0.15, 0.2) is 84.9 Å². The van der Waals surface area contributed by atoms with Crippen LogP contribution in [0.3, 0.4) is 0 Å². The van der Waals surface area contributed by atoms with Crippen LogP contribution in [0.1, 0.15) is 5.56 Å². The molecule has 0 N–H and O–H groups in total. The van der Waals surface area contributed by atoms with Gasteiger partial charge in [-0.25, -0.2) is 0 Å². The third-order valence-corrected chi connectivity index (χ3v) is 6.13. The number of alkyl halides is 1. The topological polar surface area (TPSA) is 0 Å². The van der Waals surface area contributed by atoms with E-state index in [1.165, 1.54) is 15.9 Å². The molecule has 0 aromatic heterocycles. The smallest absolute Gasteiger partial charge is 0.0474 e. The van der Waals surface area contributed by atoms with E-state index < -0.39 is 7.92 Å². The number of hydrogen-bond acceptors (Lipinski definition) is 0. The van der Waals surface area contributed by atoms with Gasteiger partial charge in [-0.05, 0) is 29.4 Å². The molecule has 3 aromatic rings. The maximum atomic E-state index is 5.90. The lowest BCUT2D eigenvalue weighted by Crippen LogP contribution is -2.20. The van der Waals surface area contributed by atoms with Gasteiger partial charge in [-0.3, -0.25) is 0 Å². The normalized spacial score (nSPS) is 10.8. The molecule has 0 spiro atoms. The minimum atomic E-state index is -0.506. The molecule has 0 radical (unpaired) electrons. The average Bonchev–Trinajstić information content (AvgIpc) is 2.58. The number of halogens is 1. The van der Waals surface area contributed by atoms with E-state index in [2.05, 4.69) is 84.9 Å². The predicted octanol–water partition coefficient (Wildman–Crippen LogP) is 4.18. The SMILES string of the molecule is ClCc1ccc(P(c2ccccc2)c2ccccc2)cc1. The molecule has 3 rings (SSSR count). The summed E-state index contributed by atoms with van der Waals surface area (Å²) in [6.45, 7) is 0. The molecule has 0 unspecified atom stereocenters. The molecule has 0 saturated heterocycles. The zero-order valence-corrected chi connectivity index (χ0v) is 13.3. The Bertz CT molecular complexity index is 638. The first-order valence-corrected chi connectivity index (χ1v) is 8.81. The van der Waals surface area contributed by atoms with E-state index in [-0.39, 0.29) is 0 Å². The van der Waals surface area contributed by atoms with Crippen molar-refractivity contribution >= 4 is 35.4 Å². The molecule has 0 amide bonds. The molecule has 0 aliphatic carbocycles. The molecule has 104 valence electrons. The summed E-state index contributed by atoms with van der Waals surface area (Å²) in [6, 6.07) is 30.1. The van der Waals surface area contributed by atoms with Crippen molar-refractivity contribution in [3.8, 4) is 0 Å². The monoisotopic (exact) mass is 310 g/mol. The van der Waals surface area contributed by atoms with E-state index in [0.717, 1.165) is 5.56 Å². The maximum Gasteiger partial charge on any atom is 0.0474 e. The van der Waals surface area contributed by atoms with E-state index in [0.29, 0.717) is 5.88 Å². The lowest BCUT2D eigenvalue weighted by molar-refractivity contribution is 1.41. The molecule has 0 atom stereocenters. The molecular formula is C19H16ClP. The summed E-state index contributed by atoms with van der Waals surface area (Å²) < 4.78 is 0. The summed E-state index contributed by atoms with van der Waals surface area (Å²) in [5.74, 6) is 0.564. The Hall–Kier alpha value is -1.62. The van der Waals surface area contributed by atoms with E-state index >= 15 is 0 Å². The molecule has 0 aliphatic rings. The zero-order chi connectivity index (χ0) is 14.5. The second kappa shape index (κ2) is 6.89. The van der Waals surface area contributed by atoms with Gasteiger partial charge in [0.1, 0.15) is 0 Å². The summed E-state index contributed by atoms with van der Waals surface area (Å²) in [7, 11) is -0.506. The van der Waals surface area contributed by atoms with Gasteiger partial charge in [0.2, 0.25) is 0 Å². The van der Waals surface area contributed by atoms with Crippen LogP contribution in [0.5, 0.6) is 0 Å². The molecule has 2 heteroatoms. The number of benzene rings is 3. The van der Waals surface area contributed by atoms with Gasteiger partial charge in [-0.15, -0.1) is 11.6 Å². The third kappa shape index (κ3) is 3.35. The minimum absolute atomic E-state index is 0.506. The van der Waals surface area contributed by atoms with Gasteiger partial charge in [0.15, 0.2) is 0 Å². The lowest BCUT2D eigenvalue weighted by Gasteiger charge is -2.19. The third-order valence-electron chi connectivity index (χ3n) is 3.38. The van der Waals surface area contributed by atoms with Crippen molar-refractivity contribution in [3.05, 3.63) is 90.5 Å². The Balaban J connectivity index is 2.07. The van der Waals surface area contributed by atoms with Crippen molar-refractivity contribution < 1.29 is 0 Å². The van der Waals surface area contributed by atoms with E-state index in [1.54, 1.807) is 0 Å². The van der Waals surface area contributed by atoms with Crippen molar-refractivity contribution in [2.45, 2.75) is 5.88 Å². The Morgan fingerprint density at radius 2 is 1.00 bits per heavy atom. The summed E-state index contributed by atoms with van der Waals surface area (Å²) in [4.78, 5) is 0. The van der Waals surface area contributed by atoms with Crippen LogP contribution < -0.4 is 15.9 Å². The van der Waals surface area contributed by atoms with Crippen molar-refractivity contribution in [1.29, 1.82) is 0 Å². The van der Waals surface area contributed by atoms with Gasteiger partial charge >= 0.3 is 0 Å². The van der Waals surface area contributed by atoms with Gasteiger partial charge in [-0.1, -0.05) is 84.9 Å². The van der Waals surface area contributed by atoms with Crippen LogP contribution >= 0.6 is 19.5 Å². The first-order valence-electron chi connectivity index (χ1n) is 6.93. The van der Waals surface area contributed by atoms with E-state index in [4.69, 9.17) is 11.6 Å². The number of hydrogen-bond donors (Lipinski definition) is 0. The first-order chi connectivity index (χ1) is 10.4. The van der Waals surface area contributed by atoms with Crippen LogP contribution in [0.2, 0.25) is 0 Å². The summed E-state index contributed by atoms with van der Waals surface area (Å²) in [5, 5.41) is 4.10. The first kappa shape index (κ1) is 14.3. The molecule has 3 aromatic carbocycles. The number of rotatable bonds is 4. The summed E-state index contributed by atoms with van der Waals surface area (Å²) in [5.41, 5.74) is 1.16. The van der Waals surface area contributed by atoms with Crippen LogP contribution in [0.4, 0.5) is 0 Å². The highest BCUT2D eigenvalue weighted by Gasteiger charge is 2.15. The average molecular weight is 311 g/mol. The predicted molar refractivity (Wildman–Crippen MR) is 94.7 cm³/mol. The van der Waals surface area contributed by atoms with Crippen LogP contribution in [-0.4, -0.2) is 0 Å². The molecule has 0 fully saturated rings. The maximum absolute atomic E-state index is 5.90. The summed E-state index contributed by atoms with van der Waals surface area (Å²) in [6.07, 6.45) is 0. The lowest BCUT2D eigenvalue weighted by atomic mass is 10.2. The molecule has 21 heavy (non-hydrogen) atoms. The molecule has 0 nitrogen and oxygen atoms in total. The van der Waals surface area contributed by atoms with Gasteiger partial charge in [-0.2, -0.15) is 0 Å². The molecule has 0 saturated carbocycles. The van der Waals surface area contributed by atoms with Crippen LogP contribution in [0.25, 0.3) is 0 Å². The van der Waals surface area contributed by atoms with Crippen molar-refractivity contribution in [2.24, 2.45) is 0 Å². The fraction of sp³-hybridized carbons (Fsp3) is 0.0526. The fourth-order valence-electron chi connectivity index (χ4n) is 2.34. The van der Waals surface area contributed by atoms with E-state index in [1.807, 2.05) is 0 Å². The van der Waals surface area contributed by atoms with Gasteiger partial charge in [0.25, 0.3) is 0 Å². The quantitative estimate of drug-likeness (QED) is 0.501. The standard InChI is InChI=1S/C19H16ClP/c20-15-16-11-13-19(14-12-16)21(17-7-3-1-4-8-17)18-9-5-2-6-10-18/h1-14H,15H2. The van der Waals surface area contributed by atoms with Gasteiger partial charge in [0.05, 0.1) is 0 Å². The molecular weight excluding hydrogens is 295 g/mol. The zero-order valence-electron chi connectivity index (χ0n) is 11.6. The van der Waals surface area contributed by atoms with Crippen molar-refractivity contribution in [2.75, 3.05) is 0 Å². The van der Waals surface area contributed by atoms with E-state index in [9.17, 15) is 0 Å². The Morgan fingerprint density at radius 1 is 0.571 bits per heavy atom. The fourth-order valence-corrected chi connectivity index (χ4v) is 4.80. The molecule has 0 bridgehead atoms. The molecule has 0 aliphatic heterocycles. The summed E-state index contributed by atoms with van der Waals surface area (Å²) >= 11 is 5.90. The Labute approximate surface area is 132 Å². The van der Waals surface area contributed by atoms with Gasteiger partial charge in [0, 0.05) is 5.88 Å². The van der Waals surface area contributed by atoms with Gasteiger partial charge < -0.3 is 0 Å². The highest BCUT2D eigenvalue weighted by molar-refractivity contribution is 7.79. The van der Waals surface area contributed by atoms with Crippen molar-refractivity contribution in [3.63, 3.8) is 0 Å². The second-order valence-corrected chi connectivity index (χ2v) is 7.29. The van der Waals surface area contributed by atoms with Crippen LogP contribution in [0, 0.1) is 0 Å². The van der Waals surface area contributed by atoms with Crippen LogP contribution in [-0.2, 0) is 5.88 Å². The highest BCUT2D eigenvalue weighted by Crippen LogP contribution is 2.32. The van der Waals surface area contributed by atoms with Crippen molar-refractivity contribution in [1.82, 2.24) is 0 Å². The largest absolute Gasteiger partial charge is 0.122 e. The Kier molecular flexibility index (Phi) is 4.70. The Morgan fingerprint density at radius 3 is 1.43 bits per heavy atom. The molecule has 0 heterocycles.